The number of fused-ring (bicyclic) bond motifs is 2. The molecule has 0 unspecified atom stereocenters. The van der Waals surface area contributed by atoms with E-state index in [0.29, 0.717) is 13.1 Å². The fourth-order valence-electron chi connectivity index (χ4n) is 5.99. The van der Waals surface area contributed by atoms with Crippen molar-refractivity contribution in [2.75, 3.05) is 13.1 Å². The molecule has 0 aliphatic carbocycles. The maximum atomic E-state index is 14.2. The summed E-state index contributed by atoms with van der Waals surface area (Å²) >= 11 is 0. The summed E-state index contributed by atoms with van der Waals surface area (Å²) in [5.74, 6) is -3.88. The number of hydrogen-bond acceptors (Lipinski definition) is 2. The van der Waals surface area contributed by atoms with E-state index < -0.39 is 35.1 Å². The third-order valence-corrected chi connectivity index (χ3v) is 8.06. The second kappa shape index (κ2) is 13.1. The molecule has 4 aromatic carbocycles. The SMILES string of the molecule is C=CC(=O)N1Cc2ccccc2[C@@H](c2c(F)cccc2F)C1.C=CC(=O)N1Cc2ccccc2[C@H](c2c(F)cccc2F)C1. The molecule has 0 saturated carbocycles. The molecule has 44 heavy (non-hydrogen) atoms. The number of rotatable bonds is 4. The normalized spacial score (nSPS) is 17.0. The van der Waals surface area contributed by atoms with Gasteiger partial charge in [0.2, 0.25) is 11.8 Å². The van der Waals surface area contributed by atoms with Crippen molar-refractivity contribution in [3.63, 3.8) is 0 Å². The molecule has 2 aliphatic heterocycles. The summed E-state index contributed by atoms with van der Waals surface area (Å²) in [5.41, 5.74) is 3.54. The average molecular weight is 599 g/mol. The first-order valence-corrected chi connectivity index (χ1v) is 14.1. The molecule has 0 fully saturated rings. The molecule has 8 heteroatoms. The zero-order valence-corrected chi connectivity index (χ0v) is 23.9. The first-order chi connectivity index (χ1) is 21.2. The minimum absolute atomic E-state index is 0.0107. The van der Waals surface area contributed by atoms with Crippen LogP contribution in [0.25, 0.3) is 0 Å². The summed E-state index contributed by atoms with van der Waals surface area (Å²) in [4.78, 5) is 27.0. The van der Waals surface area contributed by atoms with Gasteiger partial charge in [0.25, 0.3) is 0 Å². The number of carbonyl (C=O) groups is 2. The molecular formula is C36H30F4N2O2. The number of benzene rings is 4. The fourth-order valence-corrected chi connectivity index (χ4v) is 5.99. The van der Waals surface area contributed by atoms with Gasteiger partial charge in [-0.1, -0.05) is 73.8 Å². The van der Waals surface area contributed by atoms with Crippen molar-refractivity contribution >= 4 is 11.8 Å². The van der Waals surface area contributed by atoms with Crippen molar-refractivity contribution in [1.82, 2.24) is 9.80 Å². The highest BCUT2D eigenvalue weighted by Crippen LogP contribution is 2.37. The van der Waals surface area contributed by atoms with Gasteiger partial charge in [-0.25, -0.2) is 17.6 Å². The summed E-state index contributed by atoms with van der Waals surface area (Å²) in [6, 6.07) is 22.5. The molecule has 2 atom stereocenters. The van der Waals surface area contributed by atoms with Crippen molar-refractivity contribution in [3.8, 4) is 0 Å². The topological polar surface area (TPSA) is 40.6 Å². The Balaban J connectivity index is 0.000000175. The molecule has 0 N–H and O–H groups in total. The maximum absolute atomic E-state index is 14.2. The Labute approximate surface area is 253 Å². The Kier molecular flexibility index (Phi) is 9.09. The van der Waals surface area contributed by atoms with Crippen molar-refractivity contribution in [3.05, 3.63) is 167 Å². The Hall–Kier alpha value is -4.98. The van der Waals surface area contributed by atoms with Gasteiger partial charge in [0.1, 0.15) is 23.3 Å². The minimum atomic E-state index is -0.590. The predicted octanol–water partition coefficient (Wildman–Crippen LogP) is 7.25. The van der Waals surface area contributed by atoms with Crippen LogP contribution in [0, 0.1) is 23.3 Å². The number of amides is 2. The van der Waals surface area contributed by atoms with Gasteiger partial charge >= 0.3 is 0 Å². The first-order valence-electron chi connectivity index (χ1n) is 14.1. The Morgan fingerprint density at radius 1 is 0.568 bits per heavy atom. The van der Waals surface area contributed by atoms with Crippen LogP contribution in [0.2, 0.25) is 0 Å². The largest absolute Gasteiger partial charge is 0.334 e. The lowest BCUT2D eigenvalue weighted by atomic mass is 9.84. The summed E-state index contributed by atoms with van der Waals surface area (Å²) < 4.78 is 56.7. The lowest BCUT2D eigenvalue weighted by Gasteiger charge is -2.34. The summed E-state index contributed by atoms with van der Waals surface area (Å²) in [7, 11) is 0. The number of halogens is 4. The highest BCUT2D eigenvalue weighted by atomic mass is 19.1. The lowest BCUT2D eigenvalue weighted by Crippen LogP contribution is -2.38. The van der Waals surface area contributed by atoms with Gasteiger partial charge in [0.05, 0.1) is 0 Å². The molecule has 224 valence electrons. The van der Waals surface area contributed by atoms with E-state index in [1.807, 2.05) is 48.5 Å². The van der Waals surface area contributed by atoms with Gasteiger partial charge in [-0.05, 0) is 58.7 Å². The van der Waals surface area contributed by atoms with Crippen molar-refractivity contribution in [1.29, 1.82) is 0 Å². The van der Waals surface area contributed by atoms with Gasteiger partial charge in [0.15, 0.2) is 0 Å². The van der Waals surface area contributed by atoms with E-state index in [0.717, 1.165) is 22.3 Å². The molecule has 2 aliphatic rings. The number of hydrogen-bond donors (Lipinski definition) is 0. The second-order valence-corrected chi connectivity index (χ2v) is 10.6. The van der Waals surface area contributed by atoms with Crippen LogP contribution in [-0.2, 0) is 22.7 Å². The molecule has 0 spiro atoms. The fraction of sp³-hybridized carbons (Fsp3) is 0.167. The van der Waals surface area contributed by atoms with E-state index in [4.69, 9.17) is 0 Å². The number of carbonyl (C=O) groups excluding carboxylic acids is 2. The third kappa shape index (κ3) is 6.06. The Morgan fingerprint density at radius 2 is 0.909 bits per heavy atom. The van der Waals surface area contributed by atoms with Gasteiger partial charge in [-0.3, -0.25) is 9.59 Å². The van der Waals surface area contributed by atoms with Gasteiger partial charge in [0, 0.05) is 49.1 Å². The lowest BCUT2D eigenvalue weighted by molar-refractivity contribution is -0.127. The quantitative estimate of drug-likeness (QED) is 0.183. The zero-order valence-electron chi connectivity index (χ0n) is 23.9. The smallest absolute Gasteiger partial charge is 0.246 e. The Bertz CT molecular complexity index is 1570. The molecule has 0 aromatic heterocycles. The van der Waals surface area contributed by atoms with E-state index in [9.17, 15) is 27.2 Å². The first kappa shape index (κ1) is 30.5. The Morgan fingerprint density at radius 3 is 1.25 bits per heavy atom. The van der Waals surface area contributed by atoms with E-state index in [-0.39, 0.29) is 36.0 Å². The summed E-state index contributed by atoms with van der Waals surface area (Å²) in [5, 5.41) is 0. The average Bonchev–Trinajstić information content (AvgIpc) is 3.03. The van der Waals surface area contributed by atoms with Crippen LogP contribution in [0.3, 0.4) is 0 Å². The number of nitrogens with zero attached hydrogens (tertiary/aromatic N) is 2. The highest BCUT2D eigenvalue weighted by molar-refractivity contribution is 5.87. The van der Waals surface area contributed by atoms with Crippen LogP contribution in [0.4, 0.5) is 17.6 Å². The summed E-state index contributed by atoms with van der Waals surface area (Å²) in [6.07, 6.45) is 2.45. The van der Waals surface area contributed by atoms with Crippen molar-refractivity contribution in [2.24, 2.45) is 0 Å². The molecule has 2 heterocycles. The molecule has 0 radical (unpaired) electrons. The zero-order chi connectivity index (χ0) is 31.4. The predicted molar refractivity (Wildman–Crippen MR) is 161 cm³/mol. The van der Waals surface area contributed by atoms with E-state index >= 15 is 0 Å². The van der Waals surface area contributed by atoms with Gasteiger partial charge < -0.3 is 9.80 Å². The van der Waals surface area contributed by atoms with E-state index in [1.54, 1.807) is 9.80 Å². The van der Waals surface area contributed by atoms with Crippen molar-refractivity contribution < 1.29 is 27.2 Å². The van der Waals surface area contributed by atoms with Crippen LogP contribution in [0.5, 0.6) is 0 Å². The van der Waals surface area contributed by atoms with Crippen LogP contribution in [0.1, 0.15) is 45.2 Å². The second-order valence-electron chi connectivity index (χ2n) is 10.6. The van der Waals surface area contributed by atoms with E-state index in [1.165, 1.54) is 48.6 Å². The van der Waals surface area contributed by atoms with Crippen LogP contribution in [-0.4, -0.2) is 34.7 Å². The van der Waals surface area contributed by atoms with Gasteiger partial charge in [-0.15, -0.1) is 0 Å². The van der Waals surface area contributed by atoms with Crippen LogP contribution >= 0.6 is 0 Å². The molecular weight excluding hydrogens is 568 g/mol. The van der Waals surface area contributed by atoms with Crippen LogP contribution in [0.15, 0.2) is 110 Å². The molecule has 4 nitrogen and oxygen atoms in total. The van der Waals surface area contributed by atoms with Gasteiger partial charge in [-0.2, -0.15) is 0 Å². The summed E-state index contributed by atoms with van der Waals surface area (Å²) in [6.45, 7) is 8.29. The van der Waals surface area contributed by atoms with E-state index in [2.05, 4.69) is 13.2 Å². The maximum Gasteiger partial charge on any atom is 0.246 e. The standard InChI is InChI=1S/2C18H15F2NO/c2*1-2-17(22)21-10-12-6-3-4-7-13(12)14(11-21)18-15(19)8-5-9-16(18)20/h2*2-9,14H,1,10-11H2/t2*14-/m10/s1. The molecule has 2 amide bonds. The molecule has 6 rings (SSSR count). The minimum Gasteiger partial charge on any atom is -0.334 e. The third-order valence-electron chi connectivity index (χ3n) is 8.06. The highest BCUT2D eigenvalue weighted by Gasteiger charge is 2.33. The monoisotopic (exact) mass is 598 g/mol. The molecule has 0 saturated heterocycles. The van der Waals surface area contributed by atoms with Crippen LogP contribution < -0.4 is 0 Å². The van der Waals surface area contributed by atoms with Crippen molar-refractivity contribution in [2.45, 2.75) is 24.9 Å². The molecule has 4 aromatic rings. The molecule has 0 bridgehead atoms.